The van der Waals surface area contributed by atoms with Crippen molar-refractivity contribution < 1.29 is 9.66 Å². The Morgan fingerprint density at radius 2 is 1.43 bits per heavy atom. The number of rotatable bonds is 5. The van der Waals surface area contributed by atoms with E-state index in [4.69, 9.17) is 4.74 Å². The highest BCUT2D eigenvalue weighted by Crippen LogP contribution is 2.28. The van der Waals surface area contributed by atoms with Crippen LogP contribution in [0, 0.1) is 10.1 Å². The smallest absolute Gasteiger partial charge is 0.269 e. The first kappa shape index (κ1) is 19.1. The number of benzene rings is 3. The summed E-state index contributed by atoms with van der Waals surface area (Å²) in [6.07, 6.45) is 3.61. The van der Waals surface area contributed by atoms with Crippen LogP contribution in [0.3, 0.4) is 0 Å². The minimum absolute atomic E-state index is 0.00248. The molecule has 4 rings (SSSR count). The van der Waals surface area contributed by atoms with Crippen molar-refractivity contribution in [2.75, 3.05) is 0 Å². The lowest BCUT2D eigenvalue weighted by atomic mass is 10.0. The zero-order valence-electron chi connectivity index (χ0n) is 16.2. The van der Waals surface area contributed by atoms with Gasteiger partial charge in [0, 0.05) is 42.7 Å². The summed E-state index contributed by atoms with van der Waals surface area (Å²) in [7, 11) is 1.88. The van der Waals surface area contributed by atoms with Gasteiger partial charge in [0.25, 0.3) is 5.69 Å². The van der Waals surface area contributed by atoms with Crippen molar-refractivity contribution in [3.05, 3.63) is 112 Å². The lowest BCUT2D eigenvalue weighted by molar-refractivity contribution is -0.384. The minimum atomic E-state index is -0.458. The first-order chi connectivity index (χ1) is 14.5. The van der Waals surface area contributed by atoms with Crippen LogP contribution in [0.5, 0.6) is 11.5 Å². The van der Waals surface area contributed by atoms with E-state index < -0.39 is 4.92 Å². The molecule has 0 amide bonds. The van der Waals surface area contributed by atoms with Crippen molar-refractivity contribution in [2.24, 2.45) is 7.05 Å². The van der Waals surface area contributed by atoms with Crippen LogP contribution < -0.4 is 10.2 Å². The van der Waals surface area contributed by atoms with Gasteiger partial charge in [0.05, 0.1) is 4.92 Å². The highest BCUT2D eigenvalue weighted by atomic mass is 16.6. The zero-order chi connectivity index (χ0) is 21.1. The van der Waals surface area contributed by atoms with Gasteiger partial charge in [-0.1, -0.05) is 42.5 Å². The van der Waals surface area contributed by atoms with E-state index >= 15 is 0 Å². The first-order valence-electron chi connectivity index (χ1n) is 9.30. The molecule has 6 nitrogen and oxygen atoms in total. The second-order valence-corrected chi connectivity index (χ2v) is 6.83. The van der Waals surface area contributed by atoms with Gasteiger partial charge in [-0.2, -0.15) is 0 Å². The number of aryl methyl sites for hydroxylation is 1. The van der Waals surface area contributed by atoms with E-state index in [-0.39, 0.29) is 11.1 Å². The van der Waals surface area contributed by atoms with Crippen molar-refractivity contribution >= 4 is 5.69 Å². The SMILES string of the molecule is Cn1cc(-c2ccccc2)c(=O)c(-c2cccc(Oc3ccc([N+](=O)[O-])cc3)c2)c1. The molecule has 0 atom stereocenters. The molecule has 30 heavy (non-hydrogen) atoms. The van der Waals surface area contributed by atoms with Gasteiger partial charge in [0.2, 0.25) is 0 Å². The Morgan fingerprint density at radius 1 is 0.800 bits per heavy atom. The molecule has 0 saturated carbocycles. The van der Waals surface area contributed by atoms with Crippen molar-refractivity contribution in [3.8, 4) is 33.8 Å². The number of nitro groups is 1. The predicted molar refractivity (Wildman–Crippen MR) is 116 cm³/mol. The monoisotopic (exact) mass is 398 g/mol. The maximum Gasteiger partial charge on any atom is 0.269 e. The number of pyridine rings is 1. The fraction of sp³-hybridized carbons (Fsp3) is 0.0417. The molecule has 0 saturated heterocycles. The van der Waals surface area contributed by atoms with Crippen LogP contribution >= 0.6 is 0 Å². The van der Waals surface area contributed by atoms with Crippen LogP contribution in [0.2, 0.25) is 0 Å². The molecule has 0 spiro atoms. The zero-order valence-corrected chi connectivity index (χ0v) is 16.2. The molecule has 4 aromatic rings. The van der Waals surface area contributed by atoms with Gasteiger partial charge in [-0.3, -0.25) is 14.9 Å². The summed E-state index contributed by atoms with van der Waals surface area (Å²) in [5, 5.41) is 10.8. The number of hydrogen-bond acceptors (Lipinski definition) is 4. The Hall–Kier alpha value is -4.19. The van der Waals surface area contributed by atoms with E-state index in [2.05, 4.69) is 0 Å². The maximum atomic E-state index is 13.2. The molecular weight excluding hydrogens is 380 g/mol. The average Bonchev–Trinajstić information content (AvgIpc) is 2.76. The summed E-state index contributed by atoms with van der Waals surface area (Å²) in [4.78, 5) is 23.5. The van der Waals surface area contributed by atoms with Crippen molar-refractivity contribution in [1.29, 1.82) is 0 Å². The number of aromatic nitrogens is 1. The Balaban J connectivity index is 1.70. The third-order valence-corrected chi connectivity index (χ3v) is 4.67. The van der Waals surface area contributed by atoms with E-state index in [1.165, 1.54) is 12.1 Å². The van der Waals surface area contributed by atoms with Crippen LogP contribution in [0.1, 0.15) is 0 Å². The molecular formula is C24H18N2O4. The Kier molecular flexibility index (Phi) is 5.13. The third-order valence-electron chi connectivity index (χ3n) is 4.67. The Bertz CT molecular complexity index is 1260. The number of non-ortho nitro benzene ring substituents is 1. The van der Waals surface area contributed by atoms with Gasteiger partial charge in [0.15, 0.2) is 5.43 Å². The molecule has 0 aliphatic heterocycles. The van der Waals surface area contributed by atoms with E-state index in [9.17, 15) is 14.9 Å². The molecule has 0 radical (unpaired) electrons. The molecule has 0 bridgehead atoms. The topological polar surface area (TPSA) is 74.4 Å². The van der Waals surface area contributed by atoms with Gasteiger partial charge in [0.1, 0.15) is 11.5 Å². The lowest BCUT2D eigenvalue weighted by Gasteiger charge is -2.11. The molecule has 1 aromatic heterocycles. The van der Waals surface area contributed by atoms with Gasteiger partial charge in [-0.15, -0.1) is 0 Å². The highest BCUT2D eigenvalue weighted by Gasteiger charge is 2.12. The molecule has 0 fully saturated rings. The summed E-state index contributed by atoms with van der Waals surface area (Å²) in [6, 6.07) is 22.6. The normalized spacial score (nSPS) is 10.6. The highest BCUT2D eigenvalue weighted by molar-refractivity contribution is 5.72. The lowest BCUT2D eigenvalue weighted by Crippen LogP contribution is -2.11. The van der Waals surface area contributed by atoms with Gasteiger partial charge in [-0.25, -0.2) is 0 Å². The van der Waals surface area contributed by atoms with Gasteiger partial charge in [-0.05, 0) is 35.4 Å². The molecule has 6 heteroatoms. The van der Waals surface area contributed by atoms with Gasteiger partial charge < -0.3 is 9.30 Å². The van der Waals surface area contributed by atoms with Crippen LogP contribution in [0.25, 0.3) is 22.3 Å². The Morgan fingerprint density at radius 3 is 2.10 bits per heavy atom. The van der Waals surface area contributed by atoms with Crippen LogP contribution in [0.15, 0.2) is 96.1 Å². The summed E-state index contributed by atoms with van der Waals surface area (Å²) < 4.78 is 7.69. The standard InChI is InChI=1S/C24H18N2O4/c1-25-15-22(17-6-3-2-4-7-17)24(27)23(16-25)18-8-5-9-21(14-18)30-20-12-10-19(11-13-20)26(28)29/h2-16H,1H3. The molecule has 1 heterocycles. The maximum absolute atomic E-state index is 13.2. The summed E-state index contributed by atoms with van der Waals surface area (Å²) in [6.45, 7) is 0. The van der Waals surface area contributed by atoms with Crippen LogP contribution in [-0.2, 0) is 7.05 Å². The van der Waals surface area contributed by atoms with E-state index in [0.717, 1.165) is 11.1 Å². The number of ether oxygens (including phenoxy) is 1. The van der Waals surface area contributed by atoms with Crippen molar-refractivity contribution in [1.82, 2.24) is 4.57 Å². The number of hydrogen-bond donors (Lipinski definition) is 0. The molecule has 0 unspecified atom stereocenters. The second kappa shape index (κ2) is 8.05. The van der Waals surface area contributed by atoms with Crippen LogP contribution in [0.4, 0.5) is 5.69 Å². The molecule has 0 aliphatic rings. The average molecular weight is 398 g/mol. The summed E-state index contributed by atoms with van der Waals surface area (Å²) >= 11 is 0. The molecule has 0 aliphatic carbocycles. The van der Waals surface area contributed by atoms with Gasteiger partial charge >= 0.3 is 0 Å². The quantitative estimate of drug-likeness (QED) is 0.332. The second-order valence-electron chi connectivity index (χ2n) is 6.83. The molecule has 3 aromatic carbocycles. The fourth-order valence-corrected chi connectivity index (χ4v) is 3.23. The summed E-state index contributed by atoms with van der Waals surface area (Å²) in [5.74, 6) is 1.01. The van der Waals surface area contributed by atoms with E-state index in [0.29, 0.717) is 22.6 Å². The van der Waals surface area contributed by atoms with Crippen molar-refractivity contribution in [3.63, 3.8) is 0 Å². The first-order valence-corrected chi connectivity index (χ1v) is 9.30. The third kappa shape index (κ3) is 3.98. The van der Waals surface area contributed by atoms with E-state index in [1.54, 1.807) is 30.5 Å². The van der Waals surface area contributed by atoms with Crippen LogP contribution in [-0.4, -0.2) is 9.49 Å². The van der Waals surface area contributed by atoms with Crippen molar-refractivity contribution in [2.45, 2.75) is 0 Å². The fourth-order valence-electron chi connectivity index (χ4n) is 3.23. The summed E-state index contributed by atoms with van der Waals surface area (Å²) in [5.41, 5.74) is 2.71. The Labute approximate surface area is 172 Å². The largest absolute Gasteiger partial charge is 0.457 e. The minimum Gasteiger partial charge on any atom is -0.457 e. The number of nitro benzene ring substituents is 1. The number of nitrogens with zero attached hydrogens (tertiary/aromatic N) is 2. The predicted octanol–water partition coefficient (Wildman–Crippen LogP) is 5.42. The molecule has 0 N–H and O–H groups in total. The molecule has 148 valence electrons. The van der Waals surface area contributed by atoms with E-state index in [1.807, 2.05) is 60.3 Å².